The molecule has 2 aromatic heterocycles. The number of fused-ring (bicyclic) bond motifs is 1. The second kappa shape index (κ2) is 7.52. The summed E-state index contributed by atoms with van der Waals surface area (Å²) in [5.41, 5.74) is 0.648. The average Bonchev–Trinajstić information content (AvgIpc) is 2.60. The van der Waals surface area contributed by atoms with Crippen molar-refractivity contribution in [2.45, 2.75) is 38.5 Å². The highest BCUT2D eigenvalue weighted by atomic mass is 32.2. The minimum atomic E-state index is -0.564. The molecule has 27 heavy (non-hydrogen) atoms. The van der Waals surface area contributed by atoms with Crippen LogP contribution in [0.3, 0.4) is 0 Å². The molecule has 6 nitrogen and oxygen atoms in total. The van der Waals surface area contributed by atoms with Gasteiger partial charge in [-0.25, -0.2) is 14.5 Å². The van der Waals surface area contributed by atoms with Crippen LogP contribution in [-0.2, 0) is 9.53 Å². The molecule has 3 rings (SSSR count). The molecule has 0 aliphatic rings. The molecule has 0 aliphatic carbocycles. The summed E-state index contributed by atoms with van der Waals surface area (Å²) in [5, 5.41) is 0.913. The SMILES string of the molecule is Cc1cccnc1-n1c(SCC(=O)OC(C)(C)C)nc2ccccc2c1=O. The first-order valence-electron chi connectivity index (χ1n) is 8.55. The van der Waals surface area contributed by atoms with Gasteiger partial charge in [0.05, 0.1) is 16.7 Å². The quantitative estimate of drug-likeness (QED) is 0.390. The number of ether oxygens (including phenoxy) is 1. The summed E-state index contributed by atoms with van der Waals surface area (Å²) in [4.78, 5) is 34.2. The van der Waals surface area contributed by atoms with Crippen LogP contribution in [0.1, 0.15) is 26.3 Å². The van der Waals surface area contributed by atoms with E-state index in [-0.39, 0.29) is 17.3 Å². The standard InChI is InChI=1S/C20H21N3O3S/c1-13-8-7-11-21-17(13)23-18(25)14-9-5-6-10-15(14)22-19(23)27-12-16(24)26-20(2,3)4/h5-11H,12H2,1-4H3. The van der Waals surface area contributed by atoms with Crippen molar-refractivity contribution in [3.8, 4) is 5.82 Å². The number of pyridine rings is 1. The van der Waals surface area contributed by atoms with Crippen LogP contribution < -0.4 is 5.56 Å². The fourth-order valence-electron chi connectivity index (χ4n) is 2.60. The highest BCUT2D eigenvalue weighted by molar-refractivity contribution is 7.99. The predicted octanol–water partition coefficient (Wildman–Crippen LogP) is 3.52. The molecule has 140 valence electrons. The Hall–Kier alpha value is -2.67. The Balaban J connectivity index is 2.08. The van der Waals surface area contributed by atoms with Gasteiger partial charge in [0.1, 0.15) is 11.4 Å². The minimum absolute atomic E-state index is 0.0495. The van der Waals surface area contributed by atoms with Crippen molar-refractivity contribution in [1.29, 1.82) is 0 Å². The van der Waals surface area contributed by atoms with E-state index >= 15 is 0 Å². The molecule has 2 heterocycles. The van der Waals surface area contributed by atoms with Crippen molar-refractivity contribution < 1.29 is 9.53 Å². The zero-order valence-electron chi connectivity index (χ0n) is 15.7. The van der Waals surface area contributed by atoms with Gasteiger partial charge >= 0.3 is 5.97 Å². The van der Waals surface area contributed by atoms with Crippen LogP contribution in [0.2, 0.25) is 0 Å². The van der Waals surface area contributed by atoms with Crippen molar-refractivity contribution in [2.75, 3.05) is 5.75 Å². The molecule has 0 spiro atoms. The lowest BCUT2D eigenvalue weighted by atomic mass is 10.2. The number of aromatic nitrogens is 3. The molecule has 0 amide bonds. The Labute approximate surface area is 161 Å². The van der Waals surface area contributed by atoms with Gasteiger partial charge in [-0.15, -0.1) is 0 Å². The Morgan fingerprint density at radius 3 is 2.63 bits per heavy atom. The number of carbonyl (C=O) groups excluding carboxylic acids is 1. The van der Waals surface area contributed by atoms with Crippen LogP contribution in [0, 0.1) is 6.92 Å². The third kappa shape index (κ3) is 4.36. The molecule has 0 atom stereocenters. The third-order valence-electron chi connectivity index (χ3n) is 3.68. The van der Waals surface area contributed by atoms with E-state index in [4.69, 9.17) is 4.74 Å². The zero-order valence-corrected chi connectivity index (χ0v) is 16.5. The molecule has 0 N–H and O–H groups in total. The van der Waals surface area contributed by atoms with Crippen molar-refractivity contribution in [2.24, 2.45) is 0 Å². The number of aryl methyl sites for hydroxylation is 1. The van der Waals surface area contributed by atoms with Gasteiger partial charge in [-0.2, -0.15) is 0 Å². The van der Waals surface area contributed by atoms with Crippen LogP contribution in [0.15, 0.2) is 52.5 Å². The van der Waals surface area contributed by atoms with Crippen molar-refractivity contribution in [3.63, 3.8) is 0 Å². The maximum absolute atomic E-state index is 13.1. The summed E-state index contributed by atoms with van der Waals surface area (Å²) in [6.45, 7) is 7.33. The first kappa shape index (κ1) is 19.1. The topological polar surface area (TPSA) is 74.1 Å². The van der Waals surface area contributed by atoms with Crippen LogP contribution in [0.25, 0.3) is 16.7 Å². The van der Waals surface area contributed by atoms with Crippen molar-refractivity contribution in [1.82, 2.24) is 14.5 Å². The molecule has 3 aromatic rings. The first-order valence-corrected chi connectivity index (χ1v) is 9.53. The molecule has 0 aliphatic heterocycles. The molecule has 0 bridgehead atoms. The number of hydrogen-bond donors (Lipinski definition) is 0. The molecule has 0 unspecified atom stereocenters. The molecule has 0 saturated heterocycles. The molecular weight excluding hydrogens is 362 g/mol. The van der Waals surface area contributed by atoms with Gasteiger partial charge in [-0.05, 0) is 51.5 Å². The summed E-state index contributed by atoms with van der Waals surface area (Å²) in [7, 11) is 0. The average molecular weight is 383 g/mol. The first-order chi connectivity index (χ1) is 12.8. The number of carbonyl (C=O) groups is 1. The number of hydrogen-bond acceptors (Lipinski definition) is 6. The number of nitrogens with zero attached hydrogens (tertiary/aromatic N) is 3. The van der Waals surface area contributed by atoms with E-state index in [1.807, 2.05) is 45.9 Å². The predicted molar refractivity (Wildman–Crippen MR) is 106 cm³/mol. The van der Waals surface area contributed by atoms with Crippen LogP contribution in [0.4, 0.5) is 0 Å². The van der Waals surface area contributed by atoms with E-state index < -0.39 is 5.60 Å². The fourth-order valence-corrected chi connectivity index (χ4v) is 3.37. The van der Waals surface area contributed by atoms with Gasteiger partial charge in [0.25, 0.3) is 5.56 Å². The lowest BCUT2D eigenvalue weighted by Gasteiger charge is -2.19. The largest absolute Gasteiger partial charge is 0.459 e. The van der Waals surface area contributed by atoms with E-state index in [1.54, 1.807) is 24.4 Å². The zero-order chi connectivity index (χ0) is 19.6. The van der Waals surface area contributed by atoms with Gasteiger partial charge in [-0.3, -0.25) is 9.59 Å². The summed E-state index contributed by atoms with van der Waals surface area (Å²) in [6.07, 6.45) is 1.63. The minimum Gasteiger partial charge on any atom is -0.459 e. The van der Waals surface area contributed by atoms with Gasteiger partial charge < -0.3 is 4.74 Å². The normalized spacial score (nSPS) is 11.6. The third-order valence-corrected chi connectivity index (χ3v) is 4.59. The molecule has 0 radical (unpaired) electrons. The Morgan fingerprint density at radius 1 is 1.19 bits per heavy atom. The summed E-state index contributed by atoms with van der Waals surface area (Å²) < 4.78 is 6.82. The summed E-state index contributed by atoms with van der Waals surface area (Å²) in [6, 6.07) is 10.8. The van der Waals surface area contributed by atoms with Crippen LogP contribution >= 0.6 is 11.8 Å². The van der Waals surface area contributed by atoms with Crippen molar-refractivity contribution in [3.05, 3.63) is 58.5 Å². The number of rotatable bonds is 4. The lowest BCUT2D eigenvalue weighted by molar-refractivity contribution is -0.151. The molecule has 0 saturated carbocycles. The van der Waals surface area contributed by atoms with E-state index in [0.29, 0.717) is 21.9 Å². The Kier molecular flexibility index (Phi) is 5.32. The number of esters is 1. The Bertz CT molecular complexity index is 1050. The second-order valence-electron chi connectivity index (χ2n) is 7.07. The maximum atomic E-state index is 13.1. The van der Waals surface area contributed by atoms with Crippen LogP contribution in [0.5, 0.6) is 0 Å². The highest BCUT2D eigenvalue weighted by Crippen LogP contribution is 2.22. The molecular formula is C20H21N3O3S. The second-order valence-corrected chi connectivity index (χ2v) is 8.01. The molecule has 1 aromatic carbocycles. The smallest absolute Gasteiger partial charge is 0.316 e. The van der Waals surface area contributed by atoms with E-state index in [0.717, 1.165) is 5.56 Å². The van der Waals surface area contributed by atoms with Gasteiger partial charge in [0.2, 0.25) is 0 Å². The molecule has 0 fully saturated rings. The van der Waals surface area contributed by atoms with Gasteiger partial charge in [0, 0.05) is 6.20 Å². The van der Waals surface area contributed by atoms with E-state index in [1.165, 1.54) is 16.3 Å². The number of para-hydroxylation sites is 1. The van der Waals surface area contributed by atoms with Gasteiger partial charge in [-0.1, -0.05) is 30.0 Å². The number of thioether (sulfide) groups is 1. The number of benzene rings is 1. The lowest BCUT2D eigenvalue weighted by Crippen LogP contribution is -2.26. The fraction of sp³-hybridized carbons (Fsp3) is 0.300. The highest BCUT2D eigenvalue weighted by Gasteiger charge is 2.20. The Morgan fingerprint density at radius 2 is 1.93 bits per heavy atom. The van der Waals surface area contributed by atoms with Crippen LogP contribution in [-0.4, -0.2) is 31.9 Å². The summed E-state index contributed by atoms with van der Waals surface area (Å²) >= 11 is 1.17. The van der Waals surface area contributed by atoms with E-state index in [9.17, 15) is 9.59 Å². The molecule has 7 heteroatoms. The van der Waals surface area contributed by atoms with Gasteiger partial charge in [0.15, 0.2) is 5.16 Å². The van der Waals surface area contributed by atoms with E-state index in [2.05, 4.69) is 9.97 Å². The van der Waals surface area contributed by atoms with Crippen molar-refractivity contribution >= 4 is 28.6 Å². The monoisotopic (exact) mass is 383 g/mol. The maximum Gasteiger partial charge on any atom is 0.316 e. The summed E-state index contributed by atoms with van der Waals surface area (Å²) in [5.74, 6) is 0.195.